The van der Waals surface area contributed by atoms with Gasteiger partial charge < -0.3 is 14.7 Å². The normalized spacial score (nSPS) is 16.1. The molecule has 1 aliphatic rings. The Morgan fingerprint density at radius 2 is 1.45 bits per heavy atom. The number of benzene rings is 2. The number of carbonyl (C=O) groups is 1. The second-order valence-corrected chi connectivity index (χ2v) is 9.05. The number of rotatable bonds is 9. The molecule has 1 saturated heterocycles. The molecular formula is C26H34N2O3. The monoisotopic (exact) mass is 422 g/mol. The molecule has 0 aliphatic carbocycles. The predicted octanol–water partition coefficient (Wildman–Crippen LogP) is 3.30. The standard InChI is InChI=1S/C26H34N2O3/c1-4-15-27-16-18-28(19-17-27)20-25(2,3)21-31-24(29)26(30,22-11-7-5-8-12-22)23-13-9-6-10-14-23/h4-14,30H,1,15-21H2,2-3H3. The molecule has 0 unspecified atom stereocenters. The Bertz CT molecular complexity index is 804. The molecule has 166 valence electrons. The largest absolute Gasteiger partial charge is 0.462 e. The lowest BCUT2D eigenvalue weighted by Crippen LogP contribution is -2.50. The molecule has 2 aromatic rings. The Balaban J connectivity index is 1.66. The average Bonchev–Trinajstić information content (AvgIpc) is 2.79. The molecule has 1 N–H and O–H groups in total. The Morgan fingerprint density at radius 1 is 0.968 bits per heavy atom. The summed E-state index contributed by atoms with van der Waals surface area (Å²) in [5.74, 6) is -0.645. The van der Waals surface area contributed by atoms with Gasteiger partial charge in [0.05, 0.1) is 6.61 Å². The van der Waals surface area contributed by atoms with Crippen LogP contribution in [0.1, 0.15) is 25.0 Å². The zero-order valence-corrected chi connectivity index (χ0v) is 18.7. The predicted molar refractivity (Wildman–Crippen MR) is 124 cm³/mol. The van der Waals surface area contributed by atoms with Gasteiger partial charge in [-0.1, -0.05) is 80.6 Å². The zero-order valence-electron chi connectivity index (χ0n) is 18.7. The molecule has 0 bridgehead atoms. The van der Waals surface area contributed by atoms with Crippen LogP contribution in [-0.4, -0.2) is 66.8 Å². The number of hydrogen-bond donors (Lipinski definition) is 1. The Labute approximate surface area is 185 Å². The average molecular weight is 423 g/mol. The van der Waals surface area contributed by atoms with Crippen LogP contribution >= 0.6 is 0 Å². The SMILES string of the molecule is C=CCN1CCN(CC(C)(C)COC(=O)C(O)(c2ccccc2)c2ccccc2)CC1. The zero-order chi connectivity index (χ0) is 22.3. The van der Waals surface area contributed by atoms with E-state index in [0.717, 1.165) is 39.3 Å². The second-order valence-electron chi connectivity index (χ2n) is 9.05. The van der Waals surface area contributed by atoms with Crippen molar-refractivity contribution in [3.8, 4) is 0 Å². The van der Waals surface area contributed by atoms with Crippen LogP contribution in [0, 0.1) is 5.41 Å². The van der Waals surface area contributed by atoms with Crippen molar-refractivity contribution < 1.29 is 14.6 Å². The lowest BCUT2D eigenvalue weighted by atomic mass is 9.86. The highest BCUT2D eigenvalue weighted by Crippen LogP contribution is 2.32. The summed E-state index contributed by atoms with van der Waals surface area (Å²) < 4.78 is 5.74. The summed E-state index contributed by atoms with van der Waals surface area (Å²) in [6.07, 6.45) is 1.94. The molecule has 3 rings (SSSR count). The summed E-state index contributed by atoms with van der Waals surface area (Å²) in [6.45, 7) is 14.0. The van der Waals surface area contributed by atoms with Crippen molar-refractivity contribution in [2.75, 3.05) is 45.9 Å². The van der Waals surface area contributed by atoms with Crippen LogP contribution < -0.4 is 0 Å². The van der Waals surface area contributed by atoms with Gasteiger partial charge in [-0.05, 0) is 11.1 Å². The fraction of sp³-hybridized carbons (Fsp3) is 0.423. The van der Waals surface area contributed by atoms with Gasteiger partial charge in [0.25, 0.3) is 0 Å². The third-order valence-electron chi connectivity index (χ3n) is 5.78. The number of hydrogen-bond acceptors (Lipinski definition) is 5. The Kier molecular flexibility index (Phi) is 7.65. The number of carbonyl (C=O) groups excluding carboxylic acids is 1. The second kappa shape index (κ2) is 10.2. The maximum absolute atomic E-state index is 13.2. The van der Waals surface area contributed by atoms with Gasteiger partial charge in [-0.25, -0.2) is 4.79 Å². The van der Waals surface area contributed by atoms with Crippen molar-refractivity contribution in [1.82, 2.24) is 9.80 Å². The molecule has 2 aromatic carbocycles. The van der Waals surface area contributed by atoms with E-state index >= 15 is 0 Å². The Morgan fingerprint density at radius 3 is 1.94 bits per heavy atom. The van der Waals surface area contributed by atoms with E-state index in [4.69, 9.17) is 4.74 Å². The van der Waals surface area contributed by atoms with Gasteiger partial charge in [-0.3, -0.25) is 4.90 Å². The first-order valence-corrected chi connectivity index (χ1v) is 10.9. The molecule has 0 aromatic heterocycles. The van der Waals surface area contributed by atoms with Gasteiger partial charge in [0.15, 0.2) is 0 Å². The molecule has 0 saturated carbocycles. The summed E-state index contributed by atoms with van der Waals surface area (Å²) in [7, 11) is 0. The van der Waals surface area contributed by atoms with Crippen LogP contribution in [0.5, 0.6) is 0 Å². The smallest absolute Gasteiger partial charge is 0.347 e. The molecule has 5 heteroatoms. The highest BCUT2D eigenvalue weighted by Gasteiger charge is 2.42. The number of aliphatic hydroxyl groups is 1. The van der Waals surface area contributed by atoms with Crippen molar-refractivity contribution in [1.29, 1.82) is 0 Å². The van der Waals surface area contributed by atoms with E-state index in [2.05, 4.69) is 30.2 Å². The van der Waals surface area contributed by atoms with Crippen molar-refractivity contribution in [3.05, 3.63) is 84.4 Å². The lowest BCUT2D eigenvalue weighted by molar-refractivity contribution is -0.165. The minimum absolute atomic E-state index is 0.232. The molecule has 0 radical (unpaired) electrons. The van der Waals surface area contributed by atoms with E-state index in [1.165, 1.54) is 0 Å². The molecule has 0 spiro atoms. The van der Waals surface area contributed by atoms with E-state index in [1.807, 2.05) is 42.5 Å². The van der Waals surface area contributed by atoms with Gasteiger partial charge in [0, 0.05) is 44.7 Å². The maximum Gasteiger partial charge on any atom is 0.347 e. The van der Waals surface area contributed by atoms with Crippen molar-refractivity contribution in [3.63, 3.8) is 0 Å². The highest BCUT2D eigenvalue weighted by atomic mass is 16.6. The third-order valence-corrected chi connectivity index (χ3v) is 5.78. The number of piperazine rings is 1. The number of nitrogens with zero attached hydrogens (tertiary/aromatic N) is 2. The molecule has 1 fully saturated rings. The fourth-order valence-corrected chi connectivity index (χ4v) is 4.09. The first-order chi connectivity index (χ1) is 14.8. The molecule has 1 heterocycles. The van der Waals surface area contributed by atoms with Crippen LogP contribution in [0.3, 0.4) is 0 Å². The van der Waals surface area contributed by atoms with E-state index in [0.29, 0.717) is 11.1 Å². The minimum atomic E-state index is -1.84. The third kappa shape index (κ3) is 5.82. The molecule has 0 amide bonds. The van der Waals surface area contributed by atoms with Gasteiger partial charge in [0.2, 0.25) is 5.60 Å². The highest BCUT2D eigenvalue weighted by molar-refractivity contribution is 5.85. The quantitative estimate of drug-likeness (QED) is 0.496. The minimum Gasteiger partial charge on any atom is -0.462 e. The summed E-state index contributed by atoms with van der Waals surface area (Å²) in [4.78, 5) is 18.0. The molecule has 1 aliphatic heterocycles. The summed E-state index contributed by atoms with van der Waals surface area (Å²) >= 11 is 0. The van der Waals surface area contributed by atoms with Crippen LogP contribution in [0.25, 0.3) is 0 Å². The van der Waals surface area contributed by atoms with E-state index in [9.17, 15) is 9.90 Å². The summed E-state index contributed by atoms with van der Waals surface area (Å²) in [6, 6.07) is 18.0. The van der Waals surface area contributed by atoms with Crippen LogP contribution in [0.4, 0.5) is 0 Å². The molecule has 0 atom stereocenters. The van der Waals surface area contributed by atoms with Crippen molar-refractivity contribution >= 4 is 5.97 Å². The molecule has 5 nitrogen and oxygen atoms in total. The number of esters is 1. The molecular weight excluding hydrogens is 388 g/mol. The topological polar surface area (TPSA) is 53.0 Å². The fourth-order valence-electron chi connectivity index (χ4n) is 4.09. The molecule has 31 heavy (non-hydrogen) atoms. The van der Waals surface area contributed by atoms with Gasteiger partial charge in [0.1, 0.15) is 0 Å². The first-order valence-electron chi connectivity index (χ1n) is 10.9. The lowest BCUT2D eigenvalue weighted by Gasteiger charge is -2.38. The number of ether oxygens (including phenoxy) is 1. The maximum atomic E-state index is 13.2. The van der Waals surface area contributed by atoms with Gasteiger partial charge in [-0.15, -0.1) is 6.58 Å². The van der Waals surface area contributed by atoms with Crippen LogP contribution in [0.15, 0.2) is 73.3 Å². The summed E-state index contributed by atoms with van der Waals surface area (Å²) in [5.41, 5.74) is -1.07. The van der Waals surface area contributed by atoms with E-state index in [1.54, 1.807) is 24.3 Å². The summed E-state index contributed by atoms with van der Waals surface area (Å²) in [5, 5.41) is 11.5. The Hall–Kier alpha value is -2.47. The first kappa shape index (κ1) is 23.2. The van der Waals surface area contributed by atoms with Gasteiger partial charge in [-0.2, -0.15) is 0 Å². The van der Waals surface area contributed by atoms with E-state index < -0.39 is 11.6 Å². The van der Waals surface area contributed by atoms with E-state index in [-0.39, 0.29) is 12.0 Å². The van der Waals surface area contributed by atoms with Crippen molar-refractivity contribution in [2.45, 2.75) is 19.4 Å². The van der Waals surface area contributed by atoms with Crippen LogP contribution in [0.2, 0.25) is 0 Å². The van der Waals surface area contributed by atoms with Crippen LogP contribution in [-0.2, 0) is 15.1 Å². The van der Waals surface area contributed by atoms with Crippen molar-refractivity contribution in [2.24, 2.45) is 5.41 Å². The van der Waals surface area contributed by atoms with Gasteiger partial charge >= 0.3 is 5.97 Å².